The van der Waals surface area contributed by atoms with Crippen LogP contribution in [-0.4, -0.2) is 13.0 Å². The van der Waals surface area contributed by atoms with Gasteiger partial charge in [0.1, 0.15) is 17.4 Å². The van der Waals surface area contributed by atoms with Crippen molar-refractivity contribution in [2.24, 2.45) is 0 Å². The van der Waals surface area contributed by atoms with Crippen molar-refractivity contribution in [3.05, 3.63) is 99.0 Å². The van der Waals surface area contributed by atoms with Crippen LogP contribution in [0.25, 0.3) is 6.08 Å². The predicted molar refractivity (Wildman–Crippen MR) is 121 cm³/mol. The number of halogens is 2. The van der Waals surface area contributed by atoms with Gasteiger partial charge in [-0.25, -0.2) is 0 Å². The van der Waals surface area contributed by atoms with Crippen molar-refractivity contribution >= 4 is 40.9 Å². The molecule has 0 atom stereocenters. The first-order valence-corrected chi connectivity index (χ1v) is 9.85. The number of nitriles is 1. The van der Waals surface area contributed by atoms with Gasteiger partial charge < -0.3 is 10.1 Å². The van der Waals surface area contributed by atoms with Crippen LogP contribution in [0.15, 0.2) is 72.3 Å². The molecular weight excluding hydrogens is 419 g/mol. The van der Waals surface area contributed by atoms with Crippen LogP contribution in [0.2, 0.25) is 10.0 Å². The summed E-state index contributed by atoms with van der Waals surface area (Å²) in [5.74, 6) is 0.151. The molecular formula is C24H18Cl2N2O2. The number of carbonyl (C=O) groups is 1. The third-order valence-corrected chi connectivity index (χ3v) is 5.05. The molecule has 0 unspecified atom stereocenters. The highest BCUT2D eigenvalue weighted by molar-refractivity contribution is 6.31. The molecule has 0 fully saturated rings. The van der Waals surface area contributed by atoms with Gasteiger partial charge in [-0.2, -0.15) is 5.26 Å². The molecule has 3 aromatic carbocycles. The van der Waals surface area contributed by atoms with Gasteiger partial charge in [0.2, 0.25) is 0 Å². The minimum atomic E-state index is -0.501. The first kappa shape index (κ1) is 21.4. The normalized spacial score (nSPS) is 10.9. The summed E-state index contributed by atoms with van der Waals surface area (Å²) in [4.78, 5) is 12.5. The van der Waals surface area contributed by atoms with Crippen molar-refractivity contribution in [1.29, 1.82) is 5.26 Å². The van der Waals surface area contributed by atoms with Gasteiger partial charge in [0.05, 0.1) is 7.11 Å². The summed E-state index contributed by atoms with van der Waals surface area (Å²) >= 11 is 12.1. The summed E-state index contributed by atoms with van der Waals surface area (Å²) in [6.45, 7) is 0. The van der Waals surface area contributed by atoms with Gasteiger partial charge in [-0.3, -0.25) is 4.79 Å². The van der Waals surface area contributed by atoms with Crippen molar-refractivity contribution in [2.75, 3.05) is 12.4 Å². The second-order valence-electron chi connectivity index (χ2n) is 6.47. The Balaban J connectivity index is 1.82. The first-order valence-electron chi connectivity index (χ1n) is 9.09. The van der Waals surface area contributed by atoms with E-state index >= 15 is 0 Å². The minimum absolute atomic E-state index is 0.0224. The van der Waals surface area contributed by atoms with Crippen LogP contribution in [0.3, 0.4) is 0 Å². The second-order valence-corrected chi connectivity index (χ2v) is 7.31. The highest BCUT2D eigenvalue weighted by Gasteiger charge is 2.12. The fourth-order valence-corrected chi connectivity index (χ4v) is 3.22. The number of methoxy groups -OCH3 is 1. The molecule has 0 aliphatic carbocycles. The molecule has 0 aliphatic rings. The number of hydrogen-bond donors (Lipinski definition) is 1. The lowest BCUT2D eigenvalue weighted by molar-refractivity contribution is -0.112. The van der Waals surface area contributed by atoms with Gasteiger partial charge in [-0.1, -0.05) is 53.5 Å². The average molecular weight is 437 g/mol. The molecule has 0 radical (unpaired) electrons. The number of amides is 1. The van der Waals surface area contributed by atoms with Crippen LogP contribution in [-0.2, 0) is 11.2 Å². The Hall–Kier alpha value is -3.26. The Morgan fingerprint density at radius 2 is 1.80 bits per heavy atom. The lowest BCUT2D eigenvalue weighted by atomic mass is 10.0. The van der Waals surface area contributed by atoms with Gasteiger partial charge in [-0.15, -0.1) is 0 Å². The van der Waals surface area contributed by atoms with E-state index in [9.17, 15) is 10.1 Å². The van der Waals surface area contributed by atoms with Gasteiger partial charge in [0.15, 0.2) is 0 Å². The third-order valence-electron chi connectivity index (χ3n) is 4.43. The molecule has 3 rings (SSSR count). The Labute approximate surface area is 185 Å². The van der Waals surface area contributed by atoms with Crippen molar-refractivity contribution in [3.8, 4) is 11.8 Å². The molecule has 1 amide bonds. The summed E-state index contributed by atoms with van der Waals surface area (Å²) in [7, 11) is 1.58. The molecule has 0 aromatic heterocycles. The number of ether oxygens (including phenoxy) is 1. The maximum absolute atomic E-state index is 12.5. The molecule has 0 saturated heterocycles. The molecule has 150 valence electrons. The SMILES string of the molecule is COc1cc(/C=C(\C#N)C(=O)Nc2ccc(Cl)cc2)ccc1Cc1ccccc1Cl. The van der Waals surface area contributed by atoms with Crippen LogP contribution in [0.4, 0.5) is 5.69 Å². The van der Waals surface area contributed by atoms with Crippen molar-refractivity contribution in [3.63, 3.8) is 0 Å². The summed E-state index contributed by atoms with van der Waals surface area (Å²) in [5, 5.41) is 13.4. The molecule has 30 heavy (non-hydrogen) atoms. The third kappa shape index (κ3) is 5.42. The zero-order valence-electron chi connectivity index (χ0n) is 16.2. The molecule has 0 saturated carbocycles. The fourth-order valence-electron chi connectivity index (χ4n) is 2.89. The number of hydrogen-bond acceptors (Lipinski definition) is 3. The standard InChI is InChI=1S/C24H18Cl2N2O2/c1-30-23-13-16(6-7-18(23)14-17-4-2-3-5-22(17)26)12-19(15-27)24(29)28-21-10-8-20(25)9-11-21/h2-13H,14H2,1H3,(H,28,29)/b19-12+. The molecule has 0 bridgehead atoms. The van der Waals surface area contributed by atoms with Crippen LogP contribution < -0.4 is 10.1 Å². The van der Waals surface area contributed by atoms with Gasteiger partial charge in [0.25, 0.3) is 5.91 Å². The summed E-state index contributed by atoms with van der Waals surface area (Å²) < 4.78 is 5.51. The van der Waals surface area contributed by atoms with E-state index in [1.807, 2.05) is 42.5 Å². The van der Waals surface area contributed by atoms with E-state index in [-0.39, 0.29) is 5.57 Å². The summed E-state index contributed by atoms with van der Waals surface area (Å²) in [6, 6.07) is 21.8. The van der Waals surface area contributed by atoms with Gasteiger partial charge in [-0.05, 0) is 59.2 Å². The molecule has 6 heteroatoms. The monoisotopic (exact) mass is 436 g/mol. The Morgan fingerprint density at radius 3 is 2.47 bits per heavy atom. The summed E-state index contributed by atoms with van der Waals surface area (Å²) in [5.41, 5.74) is 3.15. The maximum Gasteiger partial charge on any atom is 0.266 e. The van der Waals surface area contributed by atoms with E-state index < -0.39 is 5.91 Å². The number of benzene rings is 3. The molecule has 0 aliphatic heterocycles. The fraction of sp³-hybridized carbons (Fsp3) is 0.0833. The van der Waals surface area contributed by atoms with Gasteiger partial charge in [0, 0.05) is 22.2 Å². The van der Waals surface area contributed by atoms with E-state index in [0.717, 1.165) is 11.1 Å². The van der Waals surface area contributed by atoms with Gasteiger partial charge >= 0.3 is 0 Å². The van der Waals surface area contributed by atoms with Crippen molar-refractivity contribution < 1.29 is 9.53 Å². The van der Waals surface area contributed by atoms with E-state index in [1.165, 1.54) is 6.08 Å². The summed E-state index contributed by atoms with van der Waals surface area (Å²) in [6.07, 6.45) is 2.13. The van der Waals surface area contributed by atoms with E-state index in [0.29, 0.717) is 33.5 Å². The number of carbonyl (C=O) groups excluding carboxylic acids is 1. The lowest BCUT2D eigenvalue weighted by Crippen LogP contribution is -2.13. The minimum Gasteiger partial charge on any atom is -0.496 e. The predicted octanol–water partition coefficient (Wildman–Crippen LogP) is 6.14. The quantitative estimate of drug-likeness (QED) is 0.372. The molecule has 3 aromatic rings. The molecule has 0 heterocycles. The van der Waals surface area contributed by atoms with Crippen LogP contribution in [0.1, 0.15) is 16.7 Å². The highest BCUT2D eigenvalue weighted by Crippen LogP contribution is 2.27. The zero-order chi connectivity index (χ0) is 21.5. The Bertz CT molecular complexity index is 1130. The highest BCUT2D eigenvalue weighted by atomic mass is 35.5. The van der Waals surface area contributed by atoms with Crippen LogP contribution in [0, 0.1) is 11.3 Å². The van der Waals surface area contributed by atoms with E-state index in [4.69, 9.17) is 27.9 Å². The van der Waals surface area contributed by atoms with E-state index in [2.05, 4.69) is 5.32 Å². The number of nitrogens with zero attached hydrogens (tertiary/aromatic N) is 1. The number of nitrogens with one attached hydrogen (secondary N) is 1. The topological polar surface area (TPSA) is 62.1 Å². The van der Waals surface area contributed by atoms with Crippen molar-refractivity contribution in [2.45, 2.75) is 6.42 Å². The van der Waals surface area contributed by atoms with Crippen LogP contribution >= 0.6 is 23.2 Å². The maximum atomic E-state index is 12.5. The smallest absolute Gasteiger partial charge is 0.266 e. The Morgan fingerprint density at radius 1 is 1.07 bits per heavy atom. The largest absolute Gasteiger partial charge is 0.496 e. The molecule has 1 N–H and O–H groups in total. The Kier molecular flexibility index (Phi) is 7.13. The first-order chi connectivity index (χ1) is 14.5. The number of rotatable bonds is 6. The zero-order valence-corrected chi connectivity index (χ0v) is 17.7. The van der Waals surface area contributed by atoms with Crippen molar-refractivity contribution in [1.82, 2.24) is 0 Å². The van der Waals surface area contributed by atoms with E-state index in [1.54, 1.807) is 37.4 Å². The lowest BCUT2D eigenvalue weighted by Gasteiger charge is -2.11. The molecule has 4 nitrogen and oxygen atoms in total. The number of anilines is 1. The van der Waals surface area contributed by atoms with Crippen LogP contribution in [0.5, 0.6) is 5.75 Å². The molecule has 0 spiro atoms. The average Bonchev–Trinajstić information content (AvgIpc) is 2.76. The second kappa shape index (κ2) is 9.98.